The van der Waals surface area contributed by atoms with Gasteiger partial charge < -0.3 is 63.4 Å². The summed E-state index contributed by atoms with van der Waals surface area (Å²) in [6, 6.07) is 10.5. The molecule has 0 aromatic heterocycles. The summed E-state index contributed by atoms with van der Waals surface area (Å²) >= 11 is 0. The van der Waals surface area contributed by atoms with Crippen molar-refractivity contribution in [3.8, 4) is 23.0 Å². The Balaban J connectivity index is 1.25. The number of benzene rings is 2. The first-order valence-corrected chi connectivity index (χ1v) is 12.6. The predicted molar refractivity (Wildman–Crippen MR) is 125 cm³/mol. The van der Waals surface area contributed by atoms with Gasteiger partial charge in [0.15, 0.2) is 35.6 Å². The topological polar surface area (TPSA) is 175 Å². The lowest BCUT2D eigenvalue weighted by molar-refractivity contribution is -0.320. The van der Waals surface area contributed by atoms with Gasteiger partial charge in [0.2, 0.25) is 13.6 Å². The van der Waals surface area contributed by atoms with Crippen molar-refractivity contribution < 1.29 is 63.4 Å². The minimum absolute atomic E-state index is 0.0779. The van der Waals surface area contributed by atoms with E-state index in [1.807, 2.05) is 0 Å². The van der Waals surface area contributed by atoms with Gasteiger partial charge in [0.25, 0.3) is 0 Å². The second kappa shape index (κ2) is 9.44. The van der Waals surface area contributed by atoms with Gasteiger partial charge in [-0.1, -0.05) is 12.1 Å². The average molecular weight is 548 g/mol. The van der Waals surface area contributed by atoms with Crippen LogP contribution in [0.15, 0.2) is 36.4 Å². The molecule has 210 valence electrons. The molecule has 0 spiro atoms. The summed E-state index contributed by atoms with van der Waals surface area (Å²) in [5, 5.41) is 52.8. The SMILES string of the molecule is OC[C@@H]1O[C@@H](O)[C@@H](O)[C@@H](O)[C@@H]1O[C@H]1O[C@H](c2ccc3c(c2)OCO3)[C@@]2(O)CO[C@H](c3ccc4c(c3)OCO4)[C@@H]12. The summed E-state index contributed by atoms with van der Waals surface area (Å²) in [6.07, 6.45) is -10.3. The van der Waals surface area contributed by atoms with Gasteiger partial charge in [-0.25, -0.2) is 0 Å². The van der Waals surface area contributed by atoms with E-state index in [-0.39, 0.29) is 20.2 Å². The van der Waals surface area contributed by atoms with Crippen molar-refractivity contribution in [2.45, 2.75) is 54.8 Å². The first kappa shape index (κ1) is 25.3. The Hall–Kier alpha value is -2.72. The molecule has 13 heteroatoms. The van der Waals surface area contributed by atoms with E-state index in [4.69, 9.17) is 37.9 Å². The molecule has 0 amide bonds. The largest absolute Gasteiger partial charge is 0.454 e. The lowest BCUT2D eigenvalue weighted by Gasteiger charge is -2.41. The third kappa shape index (κ3) is 3.96. The maximum Gasteiger partial charge on any atom is 0.231 e. The van der Waals surface area contributed by atoms with Crippen LogP contribution in [0, 0.1) is 5.92 Å². The van der Waals surface area contributed by atoms with Crippen LogP contribution in [0.1, 0.15) is 23.3 Å². The maximum atomic E-state index is 12.1. The highest BCUT2D eigenvalue weighted by Gasteiger charge is 2.65. The summed E-state index contributed by atoms with van der Waals surface area (Å²) in [5.41, 5.74) is -0.326. The van der Waals surface area contributed by atoms with Crippen molar-refractivity contribution in [1.29, 1.82) is 0 Å². The van der Waals surface area contributed by atoms with Crippen molar-refractivity contribution in [3.63, 3.8) is 0 Å². The van der Waals surface area contributed by atoms with Crippen molar-refractivity contribution in [3.05, 3.63) is 47.5 Å². The number of aliphatic hydroxyl groups excluding tert-OH is 4. The van der Waals surface area contributed by atoms with E-state index in [0.29, 0.717) is 34.1 Å². The van der Waals surface area contributed by atoms with Crippen LogP contribution in [-0.4, -0.2) is 94.9 Å². The summed E-state index contributed by atoms with van der Waals surface area (Å²) < 4.78 is 45.8. The van der Waals surface area contributed by atoms with E-state index in [1.165, 1.54) is 0 Å². The zero-order valence-corrected chi connectivity index (χ0v) is 20.5. The average Bonchev–Trinajstić information content (AvgIpc) is 3.71. The Morgan fingerprint density at radius 1 is 0.821 bits per heavy atom. The molecular weight excluding hydrogens is 520 g/mol. The summed E-state index contributed by atoms with van der Waals surface area (Å²) in [5.74, 6) is 1.35. The van der Waals surface area contributed by atoms with E-state index in [9.17, 15) is 25.5 Å². The van der Waals surface area contributed by atoms with Gasteiger partial charge in [-0.05, 0) is 35.4 Å². The quantitative estimate of drug-likeness (QED) is 0.323. The van der Waals surface area contributed by atoms with E-state index >= 15 is 0 Å². The van der Waals surface area contributed by atoms with Gasteiger partial charge in [-0.2, -0.15) is 0 Å². The molecule has 39 heavy (non-hydrogen) atoms. The summed E-state index contributed by atoms with van der Waals surface area (Å²) in [7, 11) is 0. The van der Waals surface area contributed by atoms with Crippen molar-refractivity contribution in [2.75, 3.05) is 26.8 Å². The van der Waals surface area contributed by atoms with Gasteiger partial charge in [-0.15, -0.1) is 0 Å². The summed E-state index contributed by atoms with van der Waals surface area (Å²) in [6.45, 7) is -0.547. The monoisotopic (exact) mass is 548 g/mol. The Kier molecular flexibility index (Phi) is 6.11. The summed E-state index contributed by atoms with van der Waals surface area (Å²) in [4.78, 5) is 0. The Morgan fingerprint density at radius 3 is 2.15 bits per heavy atom. The van der Waals surface area contributed by atoms with Crippen LogP contribution in [0.4, 0.5) is 0 Å². The molecule has 2 aromatic rings. The molecule has 13 nitrogen and oxygen atoms in total. The first-order valence-electron chi connectivity index (χ1n) is 12.6. The number of hydrogen-bond acceptors (Lipinski definition) is 13. The maximum absolute atomic E-state index is 12.1. The highest BCUT2D eigenvalue weighted by molar-refractivity contribution is 5.47. The fourth-order valence-corrected chi connectivity index (χ4v) is 5.99. The lowest BCUT2D eigenvalue weighted by Crippen LogP contribution is -2.60. The molecule has 0 radical (unpaired) electrons. The third-order valence-corrected chi connectivity index (χ3v) is 7.97. The smallest absolute Gasteiger partial charge is 0.231 e. The highest BCUT2D eigenvalue weighted by Crippen LogP contribution is 2.57. The molecule has 2 aromatic carbocycles. The number of fused-ring (bicyclic) bond motifs is 3. The Morgan fingerprint density at radius 2 is 1.46 bits per heavy atom. The molecule has 5 aliphatic heterocycles. The molecule has 5 heterocycles. The van der Waals surface area contributed by atoms with Gasteiger partial charge >= 0.3 is 0 Å². The minimum atomic E-state index is -1.71. The van der Waals surface area contributed by atoms with Gasteiger partial charge in [0.1, 0.15) is 36.1 Å². The molecule has 5 aliphatic rings. The van der Waals surface area contributed by atoms with E-state index < -0.39 is 67.3 Å². The van der Waals surface area contributed by atoms with Crippen molar-refractivity contribution >= 4 is 0 Å². The van der Waals surface area contributed by atoms with E-state index in [0.717, 1.165) is 0 Å². The fraction of sp³-hybridized carbons (Fsp3) is 0.538. The van der Waals surface area contributed by atoms with E-state index in [2.05, 4.69) is 0 Å². The first-order chi connectivity index (χ1) is 18.9. The van der Waals surface area contributed by atoms with Crippen LogP contribution in [-0.2, 0) is 18.9 Å². The van der Waals surface area contributed by atoms with Crippen LogP contribution in [0.2, 0.25) is 0 Å². The van der Waals surface area contributed by atoms with Crippen LogP contribution >= 0.6 is 0 Å². The lowest BCUT2D eigenvalue weighted by atomic mass is 9.80. The third-order valence-electron chi connectivity index (χ3n) is 7.97. The molecule has 0 saturated carbocycles. The Bertz CT molecular complexity index is 1240. The zero-order valence-electron chi connectivity index (χ0n) is 20.5. The molecule has 10 atom stereocenters. The predicted octanol–water partition coefficient (Wildman–Crippen LogP) is -0.523. The number of hydrogen-bond donors (Lipinski definition) is 5. The van der Waals surface area contributed by atoms with Crippen LogP contribution in [0.25, 0.3) is 0 Å². The van der Waals surface area contributed by atoms with E-state index in [1.54, 1.807) is 36.4 Å². The molecular formula is C26H28O13. The van der Waals surface area contributed by atoms with Crippen molar-refractivity contribution in [1.82, 2.24) is 0 Å². The van der Waals surface area contributed by atoms with Crippen LogP contribution in [0.5, 0.6) is 23.0 Å². The standard InChI is InChI=1S/C26H28O13/c27-7-17-22(19(28)20(29)24(30)37-17)38-25-18-21(11-1-3-13-15(5-11)35-9-33-13)32-8-26(18,31)23(39-25)12-2-4-14-16(6-12)36-10-34-14/h1-6,17-25,27-31H,7-10H2/t17-,18-,19+,20-,21+,22+,23+,24+,25-,26+/m0/s1. The van der Waals surface area contributed by atoms with Gasteiger partial charge in [0.05, 0.1) is 25.2 Å². The molecule has 3 fully saturated rings. The van der Waals surface area contributed by atoms with Crippen molar-refractivity contribution in [2.24, 2.45) is 5.92 Å². The minimum Gasteiger partial charge on any atom is -0.454 e. The number of rotatable bonds is 5. The molecule has 0 bridgehead atoms. The molecule has 7 rings (SSSR count). The molecule has 0 aliphatic carbocycles. The number of ether oxygens (including phenoxy) is 8. The van der Waals surface area contributed by atoms with Crippen LogP contribution < -0.4 is 18.9 Å². The fourth-order valence-electron chi connectivity index (χ4n) is 5.99. The molecule has 5 N–H and O–H groups in total. The number of aliphatic hydroxyl groups is 5. The zero-order chi connectivity index (χ0) is 26.9. The molecule has 3 saturated heterocycles. The highest BCUT2D eigenvalue weighted by atomic mass is 16.7. The Labute approximate surface area is 221 Å². The second-order valence-electron chi connectivity index (χ2n) is 10.2. The second-order valence-corrected chi connectivity index (χ2v) is 10.2. The molecule has 0 unspecified atom stereocenters. The van der Waals surface area contributed by atoms with Crippen LogP contribution in [0.3, 0.4) is 0 Å². The van der Waals surface area contributed by atoms with Gasteiger partial charge in [-0.3, -0.25) is 0 Å². The normalized spacial score (nSPS) is 40.2. The van der Waals surface area contributed by atoms with Gasteiger partial charge in [0, 0.05) is 0 Å².